The molecule has 70 valence electrons. The molecule has 0 saturated heterocycles. The third-order valence-electron chi connectivity index (χ3n) is 2.54. The average Bonchev–Trinajstić information content (AvgIpc) is 2.08. The predicted octanol–water partition coefficient (Wildman–Crippen LogP) is 2.58. The van der Waals surface area contributed by atoms with Gasteiger partial charge in [-0.05, 0) is 38.5 Å². The van der Waals surface area contributed by atoms with Gasteiger partial charge in [0.25, 0.3) is 0 Å². The average molecular weight is 177 g/mol. The summed E-state index contributed by atoms with van der Waals surface area (Å²) in [5, 5.41) is 3.41. The molecule has 0 spiro atoms. The number of benzene rings is 1. The Balaban J connectivity index is 2.37. The van der Waals surface area contributed by atoms with Crippen LogP contribution < -0.4 is 10.1 Å². The van der Waals surface area contributed by atoms with E-state index in [0.717, 1.165) is 11.4 Å². The molecule has 0 aliphatic carbocycles. The molecular weight excluding hydrogens is 162 g/mol. The number of fused-ring (bicyclic) bond motifs is 1. The van der Waals surface area contributed by atoms with Gasteiger partial charge >= 0.3 is 0 Å². The Morgan fingerprint density at radius 2 is 2.08 bits per heavy atom. The molecule has 0 saturated carbocycles. The fourth-order valence-electron chi connectivity index (χ4n) is 1.51. The Labute approximate surface area is 78.9 Å². The summed E-state index contributed by atoms with van der Waals surface area (Å²) in [6.07, 6.45) is 0.245. The fourth-order valence-corrected chi connectivity index (χ4v) is 1.51. The van der Waals surface area contributed by atoms with E-state index >= 15 is 0 Å². The Morgan fingerprint density at radius 1 is 1.31 bits per heavy atom. The van der Waals surface area contributed by atoms with E-state index in [1.807, 2.05) is 0 Å². The van der Waals surface area contributed by atoms with E-state index in [1.165, 1.54) is 5.56 Å². The minimum Gasteiger partial charge on any atom is -0.486 e. The highest BCUT2D eigenvalue weighted by molar-refractivity contribution is 5.59. The SMILES string of the molecule is Cc1ccc2c(c1)OC(C)C(C)N2. The molecule has 1 aromatic rings. The lowest BCUT2D eigenvalue weighted by Crippen LogP contribution is -2.36. The highest BCUT2D eigenvalue weighted by Gasteiger charge is 2.21. The van der Waals surface area contributed by atoms with E-state index in [0.29, 0.717) is 6.04 Å². The second-order valence-corrected chi connectivity index (χ2v) is 3.76. The first-order chi connectivity index (χ1) is 6.16. The summed E-state index contributed by atoms with van der Waals surface area (Å²) >= 11 is 0. The number of hydrogen-bond acceptors (Lipinski definition) is 2. The first kappa shape index (κ1) is 8.42. The Bertz CT molecular complexity index is 322. The monoisotopic (exact) mass is 177 g/mol. The zero-order valence-corrected chi connectivity index (χ0v) is 8.29. The zero-order chi connectivity index (χ0) is 9.42. The van der Waals surface area contributed by atoms with Gasteiger partial charge in [-0.25, -0.2) is 0 Å². The van der Waals surface area contributed by atoms with E-state index in [1.54, 1.807) is 0 Å². The van der Waals surface area contributed by atoms with Crippen LogP contribution in [0.3, 0.4) is 0 Å². The van der Waals surface area contributed by atoms with Crippen molar-refractivity contribution in [2.24, 2.45) is 0 Å². The van der Waals surface area contributed by atoms with Crippen LogP contribution in [0, 0.1) is 6.92 Å². The van der Waals surface area contributed by atoms with Crippen molar-refractivity contribution in [3.63, 3.8) is 0 Å². The third kappa shape index (κ3) is 1.48. The lowest BCUT2D eigenvalue weighted by atomic mass is 10.1. The molecule has 1 heterocycles. The van der Waals surface area contributed by atoms with Gasteiger partial charge in [-0.2, -0.15) is 0 Å². The van der Waals surface area contributed by atoms with Crippen LogP contribution >= 0.6 is 0 Å². The second kappa shape index (κ2) is 2.95. The normalized spacial score (nSPS) is 25.8. The van der Waals surface area contributed by atoms with Gasteiger partial charge in [-0.15, -0.1) is 0 Å². The second-order valence-electron chi connectivity index (χ2n) is 3.76. The van der Waals surface area contributed by atoms with Gasteiger partial charge < -0.3 is 10.1 Å². The number of nitrogens with one attached hydrogen (secondary N) is 1. The maximum absolute atomic E-state index is 5.76. The molecule has 2 nitrogen and oxygen atoms in total. The van der Waals surface area contributed by atoms with Crippen molar-refractivity contribution in [1.29, 1.82) is 0 Å². The van der Waals surface area contributed by atoms with Gasteiger partial charge in [0, 0.05) is 0 Å². The highest BCUT2D eigenvalue weighted by Crippen LogP contribution is 2.31. The van der Waals surface area contributed by atoms with Crippen molar-refractivity contribution in [1.82, 2.24) is 0 Å². The minimum absolute atomic E-state index is 0.245. The summed E-state index contributed by atoms with van der Waals surface area (Å²) in [4.78, 5) is 0. The zero-order valence-electron chi connectivity index (χ0n) is 8.29. The van der Waals surface area contributed by atoms with Crippen molar-refractivity contribution in [3.8, 4) is 5.75 Å². The molecule has 1 aliphatic heterocycles. The van der Waals surface area contributed by atoms with Crippen molar-refractivity contribution < 1.29 is 4.74 Å². The number of ether oxygens (including phenoxy) is 1. The number of anilines is 1. The topological polar surface area (TPSA) is 21.3 Å². The van der Waals surface area contributed by atoms with Gasteiger partial charge in [0.1, 0.15) is 11.9 Å². The van der Waals surface area contributed by atoms with Gasteiger partial charge in [0.05, 0.1) is 11.7 Å². The first-order valence-corrected chi connectivity index (χ1v) is 4.70. The molecule has 2 rings (SSSR count). The molecule has 0 aromatic heterocycles. The smallest absolute Gasteiger partial charge is 0.143 e. The lowest BCUT2D eigenvalue weighted by molar-refractivity contribution is 0.193. The van der Waals surface area contributed by atoms with Crippen molar-refractivity contribution in [3.05, 3.63) is 23.8 Å². The quantitative estimate of drug-likeness (QED) is 0.657. The minimum atomic E-state index is 0.245. The van der Waals surface area contributed by atoms with Gasteiger partial charge in [-0.3, -0.25) is 0 Å². The van der Waals surface area contributed by atoms with Crippen LogP contribution in [-0.4, -0.2) is 12.1 Å². The van der Waals surface area contributed by atoms with E-state index in [-0.39, 0.29) is 6.10 Å². The Hall–Kier alpha value is -1.18. The molecule has 0 bridgehead atoms. The van der Waals surface area contributed by atoms with Gasteiger partial charge in [0.2, 0.25) is 0 Å². The number of hydrogen-bond donors (Lipinski definition) is 1. The summed E-state index contributed by atoms with van der Waals surface area (Å²) in [5.41, 5.74) is 2.35. The molecule has 0 radical (unpaired) electrons. The largest absolute Gasteiger partial charge is 0.486 e. The maximum Gasteiger partial charge on any atom is 0.143 e. The van der Waals surface area contributed by atoms with E-state index in [4.69, 9.17) is 4.74 Å². The summed E-state index contributed by atoms with van der Waals surface area (Å²) in [6, 6.07) is 6.63. The molecule has 2 unspecified atom stereocenters. The molecule has 1 aliphatic rings. The van der Waals surface area contributed by atoms with Crippen LogP contribution in [0.25, 0.3) is 0 Å². The summed E-state index contributed by atoms with van der Waals surface area (Å²) in [6.45, 7) is 6.29. The van der Waals surface area contributed by atoms with Crippen LogP contribution in [0.15, 0.2) is 18.2 Å². The fraction of sp³-hybridized carbons (Fsp3) is 0.455. The Morgan fingerprint density at radius 3 is 2.85 bits per heavy atom. The molecule has 0 amide bonds. The summed E-state index contributed by atoms with van der Waals surface area (Å²) in [5.74, 6) is 0.977. The van der Waals surface area contributed by atoms with Gasteiger partial charge in [-0.1, -0.05) is 6.07 Å². The molecule has 13 heavy (non-hydrogen) atoms. The molecule has 2 atom stereocenters. The first-order valence-electron chi connectivity index (χ1n) is 4.70. The van der Waals surface area contributed by atoms with Crippen LogP contribution in [0.1, 0.15) is 19.4 Å². The van der Waals surface area contributed by atoms with E-state index < -0.39 is 0 Å². The lowest BCUT2D eigenvalue weighted by Gasteiger charge is -2.30. The van der Waals surface area contributed by atoms with Gasteiger partial charge in [0.15, 0.2) is 0 Å². The standard InChI is InChI=1S/C11H15NO/c1-7-4-5-10-11(6-7)13-9(3)8(2)12-10/h4-6,8-9,12H,1-3H3. The predicted molar refractivity (Wildman–Crippen MR) is 54.4 cm³/mol. The van der Waals surface area contributed by atoms with Crippen LogP contribution in [0.4, 0.5) is 5.69 Å². The van der Waals surface area contributed by atoms with E-state index in [2.05, 4.69) is 44.3 Å². The van der Waals surface area contributed by atoms with Crippen LogP contribution in [-0.2, 0) is 0 Å². The third-order valence-corrected chi connectivity index (χ3v) is 2.54. The Kier molecular flexibility index (Phi) is 1.91. The summed E-state index contributed by atoms with van der Waals surface area (Å²) < 4.78 is 5.76. The molecule has 1 aromatic carbocycles. The van der Waals surface area contributed by atoms with Crippen molar-refractivity contribution >= 4 is 5.69 Å². The number of rotatable bonds is 0. The maximum atomic E-state index is 5.76. The van der Waals surface area contributed by atoms with Crippen molar-refractivity contribution in [2.45, 2.75) is 32.9 Å². The molecule has 1 N–H and O–H groups in total. The molecular formula is C11H15NO. The van der Waals surface area contributed by atoms with E-state index in [9.17, 15) is 0 Å². The van der Waals surface area contributed by atoms with Crippen LogP contribution in [0.5, 0.6) is 5.75 Å². The highest BCUT2D eigenvalue weighted by atomic mass is 16.5. The number of aryl methyl sites for hydroxylation is 1. The van der Waals surface area contributed by atoms with Crippen LogP contribution in [0.2, 0.25) is 0 Å². The van der Waals surface area contributed by atoms with Crippen molar-refractivity contribution in [2.75, 3.05) is 5.32 Å². The molecule has 2 heteroatoms. The molecule has 0 fully saturated rings. The summed E-state index contributed by atoms with van der Waals surface area (Å²) in [7, 11) is 0.